The van der Waals surface area contributed by atoms with E-state index in [2.05, 4.69) is 13.8 Å². The minimum atomic E-state index is -3.18. The fourth-order valence-corrected chi connectivity index (χ4v) is 5.09. The first kappa shape index (κ1) is 18.4. The molecule has 1 fully saturated rings. The highest BCUT2D eigenvalue weighted by atomic mass is 32.2. The Balaban J connectivity index is 2.11. The summed E-state index contributed by atoms with van der Waals surface area (Å²) in [5.41, 5.74) is 1.27. The maximum atomic E-state index is 12.8. The van der Waals surface area contributed by atoms with Gasteiger partial charge in [0.15, 0.2) is 0 Å². The summed E-state index contributed by atoms with van der Waals surface area (Å²) in [5, 5.41) is 0. The van der Waals surface area contributed by atoms with Crippen LogP contribution in [0.25, 0.3) is 0 Å². The van der Waals surface area contributed by atoms with Gasteiger partial charge in [0.2, 0.25) is 10.0 Å². The van der Waals surface area contributed by atoms with Gasteiger partial charge in [0.1, 0.15) is 0 Å². The van der Waals surface area contributed by atoms with Crippen molar-refractivity contribution in [2.45, 2.75) is 39.5 Å². The number of amides is 1. The molecule has 0 aromatic carbocycles. The van der Waals surface area contributed by atoms with Gasteiger partial charge in [0.25, 0.3) is 5.91 Å². The number of nitrogens with zero attached hydrogens (tertiary/aromatic N) is 2. The molecule has 2 heterocycles. The number of carbonyl (C=O) groups is 1. The summed E-state index contributed by atoms with van der Waals surface area (Å²) in [6.45, 7) is 6.23. The van der Waals surface area contributed by atoms with Gasteiger partial charge in [0, 0.05) is 31.1 Å². The van der Waals surface area contributed by atoms with Crippen LogP contribution in [0.15, 0.2) is 6.07 Å². The highest BCUT2D eigenvalue weighted by Crippen LogP contribution is 2.26. The van der Waals surface area contributed by atoms with E-state index in [0.29, 0.717) is 32.6 Å². The Labute approximate surface area is 143 Å². The average Bonchev–Trinajstić information content (AvgIpc) is 2.73. The van der Waals surface area contributed by atoms with Crippen molar-refractivity contribution in [2.75, 3.05) is 32.4 Å². The van der Waals surface area contributed by atoms with E-state index in [1.54, 1.807) is 16.2 Å². The first-order valence-corrected chi connectivity index (χ1v) is 10.9. The largest absolute Gasteiger partial charge is 0.337 e. The molecule has 130 valence electrons. The third-order valence-corrected chi connectivity index (χ3v) is 6.70. The topological polar surface area (TPSA) is 57.7 Å². The van der Waals surface area contributed by atoms with Crippen molar-refractivity contribution in [3.05, 3.63) is 21.4 Å². The van der Waals surface area contributed by atoms with Crippen LogP contribution in [0.3, 0.4) is 0 Å². The summed E-state index contributed by atoms with van der Waals surface area (Å²) in [6, 6.07) is 2.03. The Morgan fingerprint density at radius 3 is 2.57 bits per heavy atom. The lowest BCUT2D eigenvalue weighted by Gasteiger charge is -2.20. The van der Waals surface area contributed by atoms with Crippen molar-refractivity contribution in [2.24, 2.45) is 0 Å². The van der Waals surface area contributed by atoms with Gasteiger partial charge in [-0.1, -0.05) is 20.3 Å². The molecule has 0 saturated carbocycles. The second-order valence-electron chi connectivity index (χ2n) is 5.97. The lowest BCUT2D eigenvalue weighted by Crippen LogP contribution is -2.36. The molecule has 1 aromatic rings. The van der Waals surface area contributed by atoms with Crippen molar-refractivity contribution in [3.8, 4) is 0 Å². The summed E-state index contributed by atoms with van der Waals surface area (Å²) < 4.78 is 24.8. The summed E-state index contributed by atoms with van der Waals surface area (Å²) in [5.74, 6) is 0.0439. The summed E-state index contributed by atoms with van der Waals surface area (Å²) in [6.07, 6.45) is 4.96. The molecule has 0 aliphatic carbocycles. The van der Waals surface area contributed by atoms with Crippen molar-refractivity contribution in [1.29, 1.82) is 0 Å². The minimum Gasteiger partial charge on any atom is -0.337 e. The normalized spacial score (nSPS) is 17.3. The van der Waals surface area contributed by atoms with E-state index in [1.807, 2.05) is 6.07 Å². The van der Waals surface area contributed by atoms with Gasteiger partial charge in [-0.3, -0.25) is 4.79 Å². The average molecular weight is 359 g/mol. The first-order valence-electron chi connectivity index (χ1n) is 8.22. The second-order valence-corrected chi connectivity index (χ2v) is 9.09. The van der Waals surface area contributed by atoms with Crippen LogP contribution in [-0.2, 0) is 22.9 Å². The SMILES string of the molecule is CCCc1sc(C(=O)N2CCCN(S(C)(=O)=O)CC2)cc1CC. The molecule has 0 N–H and O–H groups in total. The summed E-state index contributed by atoms with van der Waals surface area (Å²) in [7, 11) is -3.18. The number of thiophene rings is 1. The molecule has 0 atom stereocenters. The number of hydrogen-bond acceptors (Lipinski definition) is 4. The van der Waals surface area contributed by atoms with Gasteiger partial charge in [-0.2, -0.15) is 0 Å². The van der Waals surface area contributed by atoms with Crippen LogP contribution >= 0.6 is 11.3 Å². The minimum absolute atomic E-state index is 0.0439. The van der Waals surface area contributed by atoms with Gasteiger partial charge >= 0.3 is 0 Å². The van der Waals surface area contributed by atoms with E-state index in [0.717, 1.165) is 24.1 Å². The molecule has 0 spiro atoms. The van der Waals surface area contributed by atoms with E-state index in [1.165, 1.54) is 21.0 Å². The maximum absolute atomic E-state index is 12.8. The van der Waals surface area contributed by atoms with Crippen molar-refractivity contribution in [3.63, 3.8) is 0 Å². The van der Waals surface area contributed by atoms with E-state index in [-0.39, 0.29) is 5.91 Å². The number of carbonyl (C=O) groups excluding carboxylic acids is 1. The quantitative estimate of drug-likeness (QED) is 0.812. The van der Waals surface area contributed by atoms with Crippen molar-refractivity contribution < 1.29 is 13.2 Å². The summed E-state index contributed by atoms with van der Waals surface area (Å²) >= 11 is 1.60. The van der Waals surface area contributed by atoms with E-state index < -0.39 is 10.0 Å². The van der Waals surface area contributed by atoms with Gasteiger partial charge < -0.3 is 4.90 Å². The smallest absolute Gasteiger partial charge is 0.263 e. The Bertz CT molecular complexity index is 652. The molecule has 23 heavy (non-hydrogen) atoms. The first-order chi connectivity index (χ1) is 10.9. The van der Waals surface area contributed by atoms with Crippen LogP contribution in [0, 0.1) is 0 Å². The van der Waals surface area contributed by atoms with Gasteiger partial charge in [-0.05, 0) is 30.9 Å². The molecule has 2 rings (SSSR count). The molecule has 5 nitrogen and oxygen atoms in total. The lowest BCUT2D eigenvalue weighted by atomic mass is 10.1. The molecule has 1 aliphatic rings. The fourth-order valence-electron chi connectivity index (χ4n) is 2.89. The molecule has 0 unspecified atom stereocenters. The molecule has 1 aliphatic heterocycles. The molecule has 1 saturated heterocycles. The molecule has 0 bridgehead atoms. The van der Waals surface area contributed by atoms with E-state index in [9.17, 15) is 13.2 Å². The lowest BCUT2D eigenvalue weighted by molar-refractivity contribution is 0.0769. The zero-order valence-corrected chi connectivity index (χ0v) is 15.8. The van der Waals surface area contributed by atoms with Crippen LogP contribution in [-0.4, -0.2) is 56.0 Å². The summed E-state index contributed by atoms with van der Waals surface area (Å²) in [4.78, 5) is 16.7. The Kier molecular flexibility index (Phi) is 6.22. The van der Waals surface area contributed by atoms with Crippen LogP contribution in [0.1, 0.15) is 46.8 Å². The van der Waals surface area contributed by atoms with Gasteiger partial charge in [-0.25, -0.2) is 12.7 Å². The second kappa shape index (κ2) is 7.77. The standard InChI is InChI=1S/C16H26N2O3S2/c1-4-7-14-13(5-2)12-15(22-14)16(19)17-8-6-9-18(11-10-17)23(3,20)21/h12H,4-11H2,1-3H3. The molecule has 0 radical (unpaired) electrons. The maximum Gasteiger partial charge on any atom is 0.263 e. The Morgan fingerprint density at radius 1 is 1.22 bits per heavy atom. The van der Waals surface area contributed by atoms with Crippen molar-refractivity contribution in [1.82, 2.24) is 9.21 Å². The number of hydrogen-bond donors (Lipinski definition) is 0. The monoisotopic (exact) mass is 358 g/mol. The number of aryl methyl sites for hydroxylation is 2. The molecular formula is C16H26N2O3S2. The molecular weight excluding hydrogens is 332 g/mol. The Hall–Kier alpha value is -0.920. The van der Waals surface area contributed by atoms with Crippen LogP contribution in [0.5, 0.6) is 0 Å². The Morgan fingerprint density at radius 2 is 1.96 bits per heavy atom. The van der Waals surface area contributed by atoms with Crippen molar-refractivity contribution >= 4 is 27.3 Å². The van der Waals surface area contributed by atoms with E-state index in [4.69, 9.17) is 0 Å². The zero-order valence-electron chi connectivity index (χ0n) is 14.2. The van der Waals surface area contributed by atoms with Gasteiger partial charge in [-0.15, -0.1) is 11.3 Å². The predicted molar refractivity (Wildman–Crippen MR) is 94.6 cm³/mol. The van der Waals surface area contributed by atoms with Crippen LogP contribution < -0.4 is 0 Å². The zero-order chi connectivity index (χ0) is 17.0. The third kappa shape index (κ3) is 4.55. The number of rotatable bonds is 5. The number of sulfonamides is 1. The van der Waals surface area contributed by atoms with Crippen LogP contribution in [0.4, 0.5) is 0 Å². The fraction of sp³-hybridized carbons (Fsp3) is 0.688. The molecule has 7 heteroatoms. The van der Waals surface area contributed by atoms with E-state index >= 15 is 0 Å². The molecule has 1 aromatic heterocycles. The third-order valence-electron chi connectivity index (χ3n) is 4.18. The molecule has 1 amide bonds. The highest BCUT2D eigenvalue weighted by molar-refractivity contribution is 7.88. The van der Waals surface area contributed by atoms with Gasteiger partial charge in [0.05, 0.1) is 11.1 Å². The highest BCUT2D eigenvalue weighted by Gasteiger charge is 2.25. The predicted octanol–water partition coefficient (Wildman–Crippen LogP) is 2.37. The van der Waals surface area contributed by atoms with Crippen LogP contribution in [0.2, 0.25) is 0 Å².